The lowest BCUT2D eigenvalue weighted by Crippen LogP contribution is -2.30. The summed E-state index contributed by atoms with van der Waals surface area (Å²) < 4.78 is 26.5. The van der Waals surface area contributed by atoms with E-state index in [2.05, 4.69) is 11.4 Å². The van der Waals surface area contributed by atoms with Crippen LogP contribution in [-0.2, 0) is 16.6 Å². The largest absolute Gasteiger partial charge is 0.346 e. The van der Waals surface area contributed by atoms with Gasteiger partial charge in [0.15, 0.2) is 0 Å². The van der Waals surface area contributed by atoms with Crippen LogP contribution in [0.15, 0.2) is 60.7 Å². The van der Waals surface area contributed by atoms with Crippen molar-refractivity contribution in [2.75, 3.05) is 10.6 Å². The number of amides is 1. The van der Waals surface area contributed by atoms with Crippen molar-refractivity contribution in [2.45, 2.75) is 47.2 Å². The Balaban J connectivity index is 1.77. The van der Waals surface area contributed by atoms with Gasteiger partial charge in [0.2, 0.25) is 10.0 Å². The molecule has 3 rings (SSSR count). The number of anilines is 1. The van der Waals surface area contributed by atoms with Crippen LogP contribution in [0.2, 0.25) is 0 Å². The third-order valence-corrected chi connectivity index (χ3v) is 6.94. The summed E-state index contributed by atoms with van der Waals surface area (Å²) in [6.45, 7) is 10.1. The molecule has 174 valence electrons. The maximum atomic E-state index is 12.8. The van der Waals surface area contributed by atoms with Crippen molar-refractivity contribution in [3.05, 3.63) is 99.6 Å². The Kier molecular flexibility index (Phi) is 7.28. The van der Waals surface area contributed by atoms with Gasteiger partial charge in [0.25, 0.3) is 5.91 Å². The Labute approximate surface area is 197 Å². The number of carbonyl (C=O) groups excluding carboxylic acids is 1. The van der Waals surface area contributed by atoms with E-state index in [1.54, 1.807) is 24.3 Å². The molecular formula is C27H32N2O3S. The molecule has 0 aliphatic heterocycles. The lowest BCUT2D eigenvalue weighted by atomic mass is 10.00. The van der Waals surface area contributed by atoms with Crippen LogP contribution in [0, 0.1) is 27.7 Å². The molecule has 0 aromatic heterocycles. The first kappa shape index (κ1) is 24.5. The molecule has 0 unspecified atom stereocenters. The molecule has 3 aromatic carbocycles. The summed E-state index contributed by atoms with van der Waals surface area (Å²) in [5.41, 5.74) is 7.31. The Morgan fingerprint density at radius 2 is 1.48 bits per heavy atom. The van der Waals surface area contributed by atoms with Crippen LogP contribution in [0.4, 0.5) is 5.69 Å². The lowest BCUT2D eigenvalue weighted by molar-refractivity contribution is 0.0940. The van der Waals surface area contributed by atoms with Crippen molar-refractivity contribution in [1.29, 1.82) is 0 Å². The van der Waals surface area contributed by atoms with E-state index < -0.39 is 10.0 Å². The van der Waals surface area contributed by atoms with Crippen molar-refractivity contribution in [3.63, 3.8) is 0 Å². The smallest absolute Gasteiger partial charge is 0.251 e. The van der Waals surface area contributed by atoms with E-state index in [9.17, 15) is 13.2 Å². The zero-order chi connectivity index (χ0) is 24.3. The van der Waals surface area contributed by atoms with Crippen molar-refractivity contribution < 1.29 is 13.2 Å². The molecule has 0 fully saturated rings. The van der Waals surface area contributed by atoms with Crippen LogP contribution < -0.4 is 9.62 Å². The average Bonchev–Trinajstić information content (AvgIpc) is 2.73. The number of nitrogens with zero attached hydrogens (tertiary/aromatic N) is 1. The normalized spacial score (nSPS) is 12.3. The molecular weight excluding hydrogens is 432 g/mol. The van der Waals surface area contributed by atoms with Crippen LogP contribution in [0.25, 0.3) is 0 Å². The highest BCUT2D eigenvalue weighted by molar-refractivity contribution is 7.92. The van der Waals surface area contributed by atoms with E-state index in [1.165, 1.54) is 16.1 Å². The fourth-order valence-electron chi connectivity index (χ4n) is 3.97. The molecule has 0 saturated heterocycles. The van der Waals surface area contributed by atoms with Crippen LogP contribution in [0.5, 0.6) is 0 Å². The van der Waals surface area contributed by atoms with Gasteiger partial charge in [-0.1, -0.05) is 48.0 Å². The molecule has 33 heavy (non-hydrogen) atoms. The minimum atomic E-state index is -3.48. The fourth-order valence-corrected chi connectivity index (χ4v) is 4.90. The van der Waals surface area contributed by atoms with E-state index in [-0.39, 0.29) is 18.5 Å². The number of carbonyl (C=O) groups is 1. The van der Waals surface area contributed by atoms with Gasteiger partial charge in [0, 0.05) is 5.56 Å². The highest BCUT2D eigenvalue weighted by atomic mass is 32.2. The quantitative estimate of drug-likeness (QED) is 0.511. The van der Waals surface area contributed by atoms with Gasteiger partial charge >= 0.3 is 0 Å². The number of rotatable bonds is 7. The standard InChI is InChI=1S/C27H32N2O3S/c1-18-8-14-25(21(4)15-18)22(5)28-27(30)24-12-10-23(11-13-24)17-29(33(6,31)32)26-16-19(2)7-9-20(26)3/h7-16,22H,17H2,1-6H3,(H,28,30)/t22-/m0/s1. The molecule has 0 saturated carbocycles. The molecule has 0 aliphatic rings. The van der Waals surface area contributed by atoms with E-state index >= 15 is 0 Å². The van der Waals surface area contributed by atoms with Crippen LogP contribution in [-0.4, -0.2) is 20.6 Å². The minimum absolute atomic E-state index is 0.122. The molecule has 0 radical (unpaired) electrons. The third-order valence-electron chi connectivity index (χ3n) is 5.82. The molecule has 5 nitrogen and oxygen atoms in total. The Bertz CT molecular complexity index is 1270. The topological polar surface area (TPSA) is 66.5 Å². The first-order chi connectivity index (χ1) is 15.5. The predicted octanol–water partition coefficient (Wildman–Crippen LogP) is 5.38. The fraction of sp³-hybridized carbons (Fsp3) is 0.296. The number of sulfonamides is 1. The maximum Gasteiger partial charge on any atom is 0.251 e. The monoisotopic (exact) mass is 464 g/mol. The first-order valence-electron chi connectivity index (χ1n) is 11.0. The zero-order valence-corrected chi connectivity index (χ0v) is 21.0. The van der Waals surface area contributed by atoms with Crippen molar-refractivity contribution in [3.8, 4) is 0 Å². The molecule has 1 N–H and O–H groups in total. The van der Waals surface area contributed by atoms with Gasteiger partial charge in [-0.2, -0.15) is 0 Å². The van der Waals surface area contributed by atoms with Gasteiger partial charge in [-0.3, -0.25) is 9.10 Å². The number of hydrogen-bond acceptors (Lipinski definition) is 3. The molecule has 0 aliphatic carbocycles. The summed E-state index contributed by atoms with van der Waals surface area (Å²) in [6, 6.07) is 18.9. The van der Waals surface area contributed by atoms with Gasteiger partial charge in [-0.25, -0.2) is 8.42 Å². The second kappa shape index (κ2) is 9.79. The minimum Gasteiger partial charge on any atom is -0.346 e. The third kappa shape index (κ3) is 6.02. The molecule has 0 heterocycles. The molecule has 3 aromatic rings. The number of aryl methyl sites for hydroxylation is 4. The maximum absolute atomic E-state index is 12.8. The summed E-state index contributed by atoms with van der Waals surface area (Å²) in [5.74, 6) is -0.163. The van der Waals surface area contributed by atoms with E-state index in [0.717, 1.165) is 27.8 Å². The molecule has 1 amide bonds. The Morgan fingerprint density at radius 3 is 2.09 bits per heavy atom. The second-order valence-electron chi connectivity index (χ2n) is 8.81. The highest BCUT2D eigenvalue weighted by Crippen LogP contribution is 2.26. The summed E-state index contributed by atoms with van der Waals surface area (Å²) in [7, 11) is -3.48. The van der Waals surface area contributed by atoms with Crippen molar-refractivity contribution in [1.82, 2.24) is 5.32 Å². The highest BCUT2D eigenvalue weighted by Gasteiger charge is 2.20. The van der Waals surface area contributed by atoms with Gasteiger partial charge in [0.1, 0.15) is 0 Å². The number of benzene rings is 3. The zero-order valence-electron chi connectivity index (χ0n) is 20.1. The van der Waals surface area contributed by atoms with Gasteiger partial charge in [-0.15, -0.1) is 0 Å². The Hall–Kier alpha value is -3.12. The summed E-state index contributed by atoms with van der Waals surface area (Å²) in [5, 5.41) is 3.05. The lowest BCUT2D eigenvalue weighted by Gasteiger charge is -2.25. The van der Waals surface area contributed by atoms with Crippen molar-refractivity contribution in [2.24, 2.45) is 0 Å². The van der Waals surface area contributed by atoms with E-state index in [1.807, 2.05) is 65.0 Å². The van der Waals surface area contributed by atoms with Gasteiger partial charge in [0.05, 0.1) is 24.5 Å². The van der Waals surface area contributed by atoms with E-state index in [4.69, 9.17) is 0 Å². The number of nitrogens with one attached hydrogen (secondary N) is 1. The molecule has 0 bridgehead atoms. The molecule has 1 atom stereocenters. The molecule has 0 spiro atoms. The first-order valence-corrected chi connectivity index (χ1v) is 12.8. The predicted molar refractivity (Wildman–Crippen MR) is 135 cm³/mol. The van der Waals surface area contributed by atoms with Crippen LogP contribution in [0.3, 0.4) is 0 Å². The average molecular weight is 465 g/mol. The SMILES string of the molecule is Cc1ccc([C@H](C)NC(=O)c2ccc(CN(c3cc(C)ccc3C)S(C)(=O)=O)cc2)c(C)c1. The Morgan fingerprint density at radius 1 is 0.879 bits per heavy atom. The molecule has 6 heteroatoms. The summed E-state index contributed by atoms with van der Waals surface area (Å²) in [6.07, 6.45) is 1.21. The van der Waals surface area contributed by atoms with E-state index in [0.29, 0.717) is 11.3 Å². The van der Waals surface area contributed by atoms with Crippen molar-refractivity contribution >= 4 is 21.6 Å². The van der Waals surface area contributed by atoms with Crippen LogP contribution >= 0.6 is 0 Å². The second-order valence-corrected chi connectivity index (χ2v) is 10.7. The van der Waals surface area contributed by atoms with Crippen LogP contribution in [0.1, 0.15) is 56.7 Å². The summed E-state index contributed by atoms with van der Waals surface area (Å²) >= 11 is 0. The van der Waals surface area contributed by atoms with Gasteiger partial charge < -0.3 is 5.32 Å². The summed E-state index contributed by atoms with van der Waals surface area (Å²) in [4.78, 5) is 12.8. The van der Waals surface area contributed by atoms with Gasteiger partial charge in [-0.05, 0) is 80.6 Å². The number of hydrogen-bond donors (Lipinski definition) is 1.